The number of halogens is 1. The number of hydrogen-bond donors (Lipinski definition) is 0. The molecule has 1 aliphatic carbocycles. The minimum Gasteiger partial charge on any atom is -0.231 e. The highest BCUT2D eigenvalue weighted by Gasteiger charge is 2.28. The number of thioether (sulfide) groups is 1. The Balaban J connectivity index is 1.90. The van der Waals surface area contributed by atoms with Crippen molar-refractivity contribution in [3.05, 3.63) is 35.2 Å². The van der Waals surface area contributed by atoms with E-state index in [0.717, 1.165) is 22.2 Å². The molecule has 0 atom stereocenters. The maximum absolute atomic E-state index is 6.34. The first kappa shape index (κ1) is 13.0. The molecule has 21 heavy (non-hydrogen) atoms. The smallest absolute Gasteiger partial charge is 0.187 e. The lowest BCUT2D eigenvalue weighted by Gasteiger charge is -2.05. The van der Waals surface area contributed by atoms with Crippen LogP contribution in [0, 0.1) is 0 Å². The monoisotopic (exact) mass is 317 g/mol. The van der Waals surface area contributed by atoms with Gasteiger partial charge < -0.3 is 0 Å². The molecule has 0 saturated heterocycles. The standard InChI is InChI=1S/C14H12ClN5S/c1-21-14-16-5-4-10(19-14)11-6-12(15)20-13(18-11)9(7-17-20)8-2-3-8/h4-8H,2-3H2,1H3. The van der Waals surface area contributed by atoms with Gasteiger partial charge in [0.1, 0.15) is 5.15 Å². The van der Waals surface area contributed by atoms with Gasteiger partial charge in [0.25, 0.3) is 0 Å². The van der Waals surface area contributed by atoms with Crippen LogP contribution in [0.4, 0.5) is 0 Å². The number of fused-ring (bicyclic) bond motifs is 1. The third-order valence-corrected chi connectivity index (χ3v) is 4.38. The van der Waals surface area contributed by atoms with E-state index >= 15 is 0 Å². The highest BCUT2D eigenvalue weighted by Crippen LogP contribution is 2.42. The highest BCUT2D eigenvalue weighted by molar-refractivity contribution is 7.98. The molecule has 0 radical (unpaired) electrons. The van der Waals surface area contributed by atoms with Crippen LogP contribution in [0.3, 0.4) is 0 Å². The van der Waals surface area contributed by atoms with E-state index in [9.17, 15) is 0 Å². The zero-order chi connectivity index (χ0) is 14.4. The maximum atomic E-state index is 6.34. The normalized spacial score (nSPS) is 14.8. The molecule has 1 aliphatic rings. The summed E-state index contributed by atoms with van der Waals surface area (Å²) in [6.07, 6.45) is 7.98. The summed E-state index contributed by atoms with van der Waals surface area (Å²) in [5, 5.41) is 5.60. The van der Waals surface area contributed by atoms with E-state index in [2.05, 4.69) is 15.1 Å². The van der Waals surface area contributed by atoms with Crippen LogP contribution >= 0.6 is 23.4 Å². The first-order valence-electron chi connectivity index (χ1n) is 6.68. The molecule has 0 spiro atoms. The molecule has 0 amide bonds. The summed E-state index contributed by atoms with van der Waals surface area (Å²) in [5.74, 6) is 0.577. The van der Waals surface area contributed by atoms with Crippen LogP contribution in [-0.2, 0) is 0 Å². The third kappa shape index (κ3) is 2.28. The average Bonchev–Trinajstić information content (AvgIpc) is 3.27. The summed E-state index contributed by atoms with van der Waals surface area (Å²) in [5.41, 5.74) is 3.55. The summed E-state index contributed by atoms with van der Waals surface area (Å²) >= 11 is 7.84. The zero-order valence-corrected chi connectivity index (χ0v) is 12.9. The Kier molecular flexibility index (Phi) is 3.08. The summed E-state index contributed by atoms with van der Waals surface area (Å²) in [7, 11) is 0. The van der Waals surface area contributed by atoms with E-state index in [1.165, 1.54) is 30.2 Å². The fourth-order valence-corrected chi connectivity index (χ4v) is 2.92. The Hall–Kier alpha value is -1.66. The molecule has 0 aliphatic heterocycles. The molecule has 3 aromatic rings. The van der Waals surface area contributed by atoms with Crippen molar-refractivity contribution in [2.75, 3.05) is 6.26 Å². The van der Waals surface area contributed by atoms with Crippen LogP contribution < -0.4 is 0 Å². The van der Waals surface area contributed by atoms with E-state index in [4.69, 9.17) is 16.6 Å². The van der Waals surface area contributed by atoms with Gasteiger partial charge in [-0.2, -0.15) is 5.10 Å². The van der Waals surface area contributed by atoms with Gasteiger partial charge in [-0.05, 0) is 31.1 Å². The van der Waals surface area contributed by atoms with Crippen LogP contribution in [-0.4, -0.2) is 30.8 Å². The maximum Gasteiger partial charge on any atom is 0.187 e. The van der Waals surface area contributed by atoms with Crippen LogP contribution in [0.15, 0.2) is 29.7 Å². The van der Waals surface area contributed by atoms with Gasteiger partial charge in [-0.1, -0.05) is 23.4 Å². The lowest BCUT2D eigenvalue weighted by atomic mass is 10.2. The first-order valence-corrected chi connectivity index (χ1v) is 8.28. The minimum absolute atomic E-state index is 0.547. The summed E-state index contributed by atoms with van der Waals surface area (Å²) in [6.45, 7) is 0. The number of nitrogens with zero attached hydrogens (tertiary/aromatic N) is 5. The molecule has 1 fully saturated rings. The van der Waals surface area contributed by atoms with Gasteiger partial charge in [0.2, 0.25) is 0 Å². The second-order valence-corrected chi connectivity index (χ2v) is 6.16. The Labute approximate surface area is 130 Å². The Morgan fingerprint density at radius 2 is 2.14 bits per heavy atom. The van der Waals surface area contributed by atoms with Crippen molar-refractivity contribution in [1.29, 1.82) is 0 Å². The molecular formula is C14H12ClN5S. The molecule has 0 N–H and O–H groups in total. The fourth-order valence-electron chi connectivity index (χ4n) is 2.34. The molecule has 0 bridgehead atoms. The van der Waals surface area contributed by atoms with Crippen molar-refractivity contribution in [3.8, 4) is 11.4 Å². The number of hydrogen-bond acceptors (Lipinski definition) is 5. The molecule has 3 heterocycles. The molecule has 5 nitrogen and oxygen atoms in total. The molecule has 4 rings (SSSR count). The molecular weight excluding hydrogens is 306 g/mol. The second-order valence-electron chi connectivity index (χ2n) is 5.00. The van der Waals surface area contributed by atoms with Crippen LogP contribution in [0.5, 0.6) is 0 Å². The van der Waals surface area contributed by atoms with E-state index in [1.807, 2.05) is 18.5 Å². The van der Waals surface area contributed by atoms with Crippen LogP contribution in [0.2, 0.25) is 5.15 Å². The third-order valence-electron chi connectivity index (χ3n) is 3.55. The van der Waals surface area contributed by atoms with E-state index < -0.39 is 0 Å². The van der Waals surface area contributed by atoms with Crippen LogP contribution in [0.1, 0.15) is 24.3 Å². The average molecular weight is 318 g/mol. The predicted octanol–water partition coefficient (Wildman–Crippen LogP) is 3.44. The molecule has 3 aromatic heterocycles. The Morgan fingerprint density at radius 1 is 1.29 bits per heavy atom. The molecule has 106 valence electrons. The van der Waals surface area contributed by atoms with Crippen molar-refractivity contribution in [1.82, 2.24) is 24.6 Å². The van der Waals surface area contributed by atoms with Crippen molar-refractivity contribution in [2.24, 2.45) is 0 Å². The number of aromatic nitrogens is 5. The fraction of sp³-hybridized carbons (Fsp3) is 0.286. The quantitative estimate of drug-likeness (QED) is 0.421. The van der Waals surface area contributed by atoms with Gasteiger partial charge in [0, 0.05) is 17.8 Å². The Morgan fingerprint density at radius 3 is 2.90 bits per heavy atom. The van der Waals surface area contributed by atoms with Gasteiger partial charge in [-0.15, -0.1) is 0 Å². The van der Waals surface area contributed by atoms with Crippen molar-refractivity contribution >= 4 is 29.0 Å². The topological polar surface area (TPSA) is 56.0 Å². The SMILES string of the molecule is CSc1nccc(-c2cc(Cl)n3ncc(C4CC4)c3n2)n1. The van der Waals surface area contributed by atoms with E-state index in [0.29, 0.717) is 11.1 Å². The lowest BCUT2D eigenvalue weighted by molar-refractivity contribution is 0.933. The molecule has 7 heteroatoms. The van der Waals surface area contributed by atoms with Gasteiger partial charge in [0.05, 0.1) is 17.6 Å². The zero-order valence-electron chi connectivity index (χ0n) is 11.3. The van der Waals surface area contributed by atoms with E-state index in [-0.39, 0.29) is 0 Å². The van der Waals surface area contributed by atoms with E-state index in [1.54, 1.807) is 16.8 Å². The molecule has 1 saturated carbocycles. The van der Waals surface area contributed by atoms with Crippen molar-refractivity contribution in [3.63, 3.8) is 0 Å². The van der Waals surface area contributed by atoms with Gasteiger partial charge in [-0.25, -0.2) is 19.5 Å². The minimum atomic E-state index is 0.547. The van der Waals surface area contributed by atoms with Crippen molar-refractivity contribution in [2.45, 2.75) is 23.9 Å². The Bertz CT molecular complexity index is 827. The van der Waals surface area contributed by atoms with Gasteiger partial charge >= 0.3 is 0 Å². The molecule has 0 aromatic carbocycles. The van der Waals surface area contributed by atoms with Gasteiger partial charge in [0.15, 0.2) is 10.8 Å². The summed E-state index contributed by atoms with van der Waals surface area (Å²) < 4.78 is 1.69. The first-order chi connectivity index (χ1) is 10.3. The summed E-state index contributed by atoms with van der Waals surface area (Å²) in [6, 6.07) is 3.65. The predicted molar refractivity (Wildman–Crippen MR) is 82.8 cm³/mol. The summed E-state index contributed by atoms with van der Waals surface area (Å²) in [4.78, 5) is 13.4. The van der Waals surface area contributed by atoms with Crippen LogP contribution in [0.25, 0.3) is 17.0 Å². The number of rotatable bonds is 3. The highest BCUT2D eigenvalue weighted by atomic mass is 35.5. The van der Waals surface area contributed by atoms with Crippen molar-refractivity contribution < 1.29 is 0 Å². The van der Waals surface area contributed by atoms with Gasteiger partial charge in [-0.3, -0.25) is 0 Å². The largest absolute Gasteiger partial charge is 0.231 e. The lowest BCUT2D eigenvalue weighted by Crippen LogP contribution is -1.97. The molecule has 0 unspecified atom stereocenters. The second kappa shape index (κ2) is 4.96.